The molecular formula is C28H25N5O4. The van der Waals surface area contributed by atoms with E-state index in [1.54, 1.807) is 35.0 Å². The molecule has 3 aromatic heterocycles. The second kappa shape index (κ2) is 10.1. The summed E-state index contributed by atoms with van der Waals surface area (Å²) in [7, 11) is 0. The van der Waals surface area contributed by atoms with Crippen molar-refractivity contribution < 1.29 is 14.1 Å². The lowest BCUT2D eigenvalue weighted by atomic mass is 10.1. The predicted octanol–water partition coefficient (Wildman–Crippen LogP) is 4.77. The van der Waals surface area contributed by atoms with Crippen LogP contribution in [0.3, 0.4) is 0 Å². The summed E-state index contributed by atoms with van der Waals surface area (Å²) in [5.41, 5.74) is 3.34. The van der Waals surface area contributed by atoms with Gasteiger partial charge in [0.05, 0.1) is 17.7 Å². The predicted molar refractivity (Wildman–Crippen MR) is 140 cm³/mol. The second-order valence-corrected chi connectivity index (χ2v) is 8.54. The summed E-state index contributed by atoms with van der Waals surface area (Å²) in [6.07, 6.45) is 1.54. The van der Waals surface area contributed by atoms with Crippen LogP contribution >= 0.6 is 0 Å². The minimum atomic E-state index is -0.308. The van der Waals surface area contributed by atoms with Crippen molar-refractivity contribution in [2.45, 2.75) is 27.3 Å². The molecule has 0 aliphatic heterocycles. The number of hydrogen-bond acceptors (Lipinski definition) is 7. The lowest BCUT2D eigenvalue weighted by Crippen LogP contribution is -2.22. The molecule has 0 saturated heterocycles. The molecule has 5 rings (SSSR count). The van der Waals surface area contributed by atoms with Crippen LogP contribution in [0.25, 0.3) is 33.9 Å². The third kappa shape index (κ3) is 4.84. The van der Waals surface area contributed by atoms with Crippen molar-refractivity contribution in [1.29, 1.82) is 0 Å². The van der Waals surface area contributed by atoms with Crippen LogP contribution in [0, 0.1) is 13.8 Å². The molecule has 3 heterocycles. The first kappa shape index (κ1) is 23.9. The third-order valence-corrected chi connectivity index (χ3v) is 5.88. The molecule has 0 spiro atoms. The number of hydrogen-bond donors (Lipinski definition) is 1. The van der Waals surface area contributed by atoms with Gasteiger partial charge in [-0.3, -0.25) is 9.59 Å². The largest absolute Gasteiger partial charge is 0.492 e. The fourth-order valence-corrected chi connectivity index (χ4v) is 4.09. The molecule has 0 fully saturated rings. The standard InChI is InChI=1S/C28H25N5O4/c1-4-36-23-12-8-7-11-22(23)30-24(34)16-33-15-21(25(35)20-14-13-18(3)29-27(20)33)28-31-26(32-37-28)19-10-6-5-9-17(19)2/h5-15H,4,16H2,1-3H3,(H,30,34). The fraction of sp³-hybridized carbons (Fsp3) is 0.179. The summed E-state index contributed by atoms with van der Waals surface area (Å²) in [4.78, 5) is 35.5. The second-order valence-electron chi connectivity index (χ2n) is 8.54. The fourth-order valence-electron chi connectivity index (χ4n) is 4.09. The normalized spacial score (nSPS) is 11.0. The Labute approximate surface area is 212 Å². The molecule has 186 valence electrons. The van der Waals surface area contributed by atoms with Crippen LogP contribution < -0.4 is 15.5 Å². The van der Waals surface area contributed by atoms with Crippen molar-refractivity contribution in [3.8, 4) is 28.6 Å². The van der Waals surface area contributed by atoms with Crippen molar-refractivity contribution in [2.24, 2.45) is 0 Å². The molecular weight excluding hydrogens is 470 g/mol. The Morgan fingerprint density at radius 1 is 1.00 bits per heavy atom. The first-order valence-corrected chi connectivity index (χ1v) is 11.9. The first-order valence-electron chi connectivity index (χ1n) is 11.9. The number of aromatic nitrogens is 4. The summed E-state index contributed by atoms with van der Waals surface area (Å²) in [6, 6.07) is 18.3. The average Bonchev–Trinajstić information content (AvgIpc) is 3.37. The highest BCUT2D eigenvalue weighted by Crippen LogP contribution is 2.26. The number of amides is 1. The molecule has 2 aromatic carbocycles. The smallest absolute Gasteiger partial charge is 0.263 e. The Bertz CT molecular complexity index is 1670. The maximum atomic E-state index is 13.4. The zero-order chi connectivity index (χ0) is 25.9. The summed E-state index contributed by atoms with van der Waals surface area (Å²) >= 11 is 0. The highest BCUT2D eigenvalue weighted by atomic mass is 16.5. The van der Waals surface area contributed by atoms with E-state index in [1.165, 1.54) is 0 Å². The molecule has 1 amide bonds. The van der Waals surface area contributed by atoms with Gasteiger partial charge in [-0.15, -0.1) is 0 Å². The maximum absolute atomic E-state index is 13.4. The number of anilines is 1. The number of carbonyl (C=O) groups is 1. The van der Waals surface area contributed by atoms with Gasteiger partial charge >= 0.3 is 0 Å². The number of nitrogens with zero attached hydrogens (tertiary/aromatic N) is 4. The molecule has 0 atom stereocenters. The molecule has 1 N–H and O–H groups in total. The van der Waals surface area contributed by atoms with E-state index in [9.17, 15) is 9.59 Å². The van der Waals surface area contributed by atoms with Gasteiger partial charge in [0.2, 0.25) is 17.2 Å². The van der Waals surface area contributed by atoms with Gasteiger partial charge in [0.25, 0.3) is 5.89 Å². The van der Waals surface area contributed by atoms with E-state index in [0.29, 0.717) is 34.9 Å². The van der Waals surface area contributed by atoms with Crippen molar-refractivity contribution in [3.05, 3.63) is 88.3 Å². The molecule has 0 saturated carbocycles. The number of pyridine rings is 2. The molecule has 0 bridgehead atoms. The van der Waals surface area contributed by atoms with E-state index in [4.69, 9.17) is 9.26 Å². The summed E-state index contributed by atoms with van der Waals surface area (Å²) in [5.74, 6) is 0.720. The minimum absolute atomic E-state index is 0.0709. The molecule has 5 aromatic rings. The lowest BCUT2D eigenvalue weighted by molar-refractivity contribution is -0.116. The van der Waals surface area contributed by atoms with Gasteiger partial charge in [-0.2, -0.15) is 4.98 Å². The van der Waals surface area contributed by atoms with Crippen LogP contribution in [-0.4, -0.2) is 32.2 Å². The SMILES string of the molecule is CCOc1ccccc1NC(=O)Cn1cc(-c2nc(-c3ccccc3C)no2)c(=O)c2ccc(C)nc21. The van der Waals surface area contributed by atoms with Gasteiger partial charge in [0, 0.05) is 17.5 Å². The van der Waals surface area contributed by atoms with Crippen LogP contribution in [0.5, 0.6) is 5.75 Å². The van der Waals surface area contributed by atoms with Crippen LogP contribution in [0.15, 0.2) is 76.2 Å². The molecule has 37 heavy (non-hydrogen) atoms. The van der Waals surface area contributed by atoms with Gasteiger partial charge in [-0.05, 0) is 50.6 Å². The minimum Gasteiger partial charge on any atom is -0.492 e. The van der Waals surface area contributed by atoms with Crippen molar-refractivity contribution in [3.63, 3.8) is 0 Å². The highest BCUT2D eigenvalue weighted by molar-refractivity contribution is 5.93. The van der Waals surface area contributed by atoms with Gasteiger partial charge in [-0.1, -0.05) is 41.6 Å². The zero-order valence-corrected chi connectivity index (χ0v) is 20.7. The Hall–Kier alpha value is -4.79. The molecule has 0 aliphatic carbocycles. The number of ether oxygens (including phenoxy) is 1. The summed E-state index contributed by atoms with van der Waals surface area (Å²) in [6.45, 7) is 6.03. The van der Waals surface area contributed by atoms with Crippen molar-refractivity contribution in [1.82, 2.24) is 19.7 Å². The van der Waals surface area contributed by atoms with Gasteiger partial charge in [0.15, 0.2) is 0 Å². The third-order valence-electron chi connectivity index (χ3n) is 5.88. The summed E-state index contributed by atoms with van der Waals surface area (Å²) in [5, 5.41) is 7.32. The van der Waals surface area contributed by atoms with Crippen LogP contribution in [-0.2, 0) is 11.3 Å². The van der Waals surface area contributed by atoms with Crippen molar-refractivity contribution in [2.75, 3.05) is 11.9 Å². The monoisotopic (exact) mass is 495 g/mol. The zero-order valence-electron chi connectivity index (χ0n) is 20.7. The van der Waals surface area contributed by atoms with E-state index in [1.807, 2.05) is 57.2 Å². The number of benzene rings is 2. The van der Waals surface area contributed by atoms with Crippen molar-refractivity contribution >= 4 is 22.6 Å². The Morgan fingerprint density at radius 3 is 2.59 bits per heavy atom. The number of aryl methyl sites for hydroxylation is 2. The van der Waals surface area contributed by atoms with E-state index < -0.39 is 0 Å². The van der Waals surface area contributed by atoms with E-state index in [2.05, 4.69) is 20.4 Å². The molecule has 0 unspecified atom stereocenters. The number of rotatable bonds is 7. The highest BCUT2D eigenvalue weighted by Gasteiger charge is 2.20. The topological polar surface area (TPSA) is 112 Å². The Balaban J connectivity index is 1.54. The number of para-hydroxylation sites is 2. The first-order chi connectivity index (χ1) is 17.9. The van der Waals surface area contributed by atoms with Gasteiger partial charge in [0.1, 0.15) is 23.5 Å². The van der Waals surface area contributed by atoms with E-state index >= 15 is 0 Å². The quantitative estimate of drug-likeness (QED) is 0.346. The average molecular weight is 496 g/mol. The number of fused-ring (bicyclic) bond motifs is 1. The van der Waals surface area contributed by atoms with E-state index in [-0.39, 0.29) is 29.3 Å². The Kier molecular flexibility index (Phi) is 6.51. The van der Waals surface area contributed by atoms with Crippen LogP contribution in [0.1, 0.15) is 18.2 Å². The molecule has 9 nitrogen and oxygen atoms in total. The van der Waals surface area contributed by atoms with Gasteiger partial charge < -0.3 is 19.1 Å². The molecule has 0 radical (unpaired) electrons. The van der Waals surface area contributed by atoms with Gasteiger partial charge in [-0.25, -0.2) is 4.98 Å². The van der Waals surface area contributed by atoms with E-state index in [0.717, 1.165) is 16.8 Å². The molecule has 0 aliphatic rings. The number of nitrogens with one attached hydrogen (secondary N) is 1. The Morgan fingerprint density at radius 2 is 1.78 bits per heavy atom. The number of carbonyl (C=O) groups excluding carboxylic acids is 1. The van der Waals surface area contributed by atoms with Crippen LogP contribution in [0.4, 0.5) is 5.69 Å². The lowest BCUT2D eigenvalue weighted by Gasteiger charge is -2.14. The maximum Gasteiger partial charge on any atom is 0.263 e. The summed E-state index contributed by atoms with van der Waals surface area (Å²) < 4.78 is 12.7. The molecule has 9 heteroatoms. The van der Waals surface area contributed by atoms with Crippen LogP contribution in [0.2, 0.25) is 0 Å².